The summed E-state index contributed by atoms with van der Waals surface area (Å²) in [7, 11) is 0. The standard InChI is InChI=1S/C12H10FNOS2/c1-7-2-3-8(13)4-10(7)14-12(15)11-5-9(16)6-17-11/h2-6,16H,1H3,(H,14,15). The minimum absolute atomic E-state index is 0.246. The van der Waals surface area contributed by atoms with E-state index in [4.69, 9.17) is 0 Å². The van der Waals surface area contributed by atoms with Crippen LogP contribution in [0.25, 0.3) is 0 Å². The van der Waals surface area contributed by atoms with Gasteiger partial charge in [-0.15, -0.1) is 24.0 Å². The maximum absolute atomic E-state index is 13.0. The van der Waals surface area contributed by atoms with E-state index in [1.165, 1.54) is 23.5 Å². The molecule has 0 unspecified atom stereocenters. The Kier molecular flexibility index (Phi) is 3.49. The van der Waals surface area contributed by atoms with E-state index in [9.17, 15) is 9.18 Å². The lowest BCUT2D eigenvalue weighted by Gasteiger charge is -2.07. The molecule has 0 saturated carbocycles. The first-order chi connectivity index (χ1) is 8.06. The van der Waals surface area contributed by atoms with E-state index >= 15 is 0 Å². The molecule has 0 radical (unpaired) electrons. The van der Waals surface area contributed by atoms with Gasteiger partial charge in [0.05, 0.1) is 4.88 Å². The Balaban J connectivity index is 2.21. The second kappa shape index (κ2) is 4.89. The number of nitrogens with one attached hydrogen (secondary N) is 1. The van der Waals surface area contributed by atoms with Crippen molar-refractivity contribution < 1.29 is 9.18 Å². The van der Waals surface area contributed by atoms with Gasteiger partial charge >= 0.3 is 0 Å². The highest BCUT2D eigenvalue weighted by molar-refractivity contribution is 7.80. The van der Waals surface area contributed by atoms with Gasteiger partial charge in [-0.3, -0.25) is 4.79 Å². The quantitative estimate of drug-likeness (QED) is 0.797. The van der Waals surface area contributed by atoms with Crippen LogP contribution in [0.2, 0.25) is 0 Å². The Morgan fingerprint density at radius 2 is 2.18 bits per heavy atom. The third-order valence-electron chi connectivity index (χ3n) is 2.26. The molecule has 2 nitrogen and oxygen atoms in total. The maximum atomic E-state index is 13.0. The summed E-state index contributed by atoms with van der Waals surface area (Å²) in [5, 5.41) is 4.45. The molecule has 0 aliphatic rings. The van der Waals surface area contributed by atoms with Gasteiger partial charge in [0.25, 0.3) is 5.91 Å². The third kappa shape index (κ3) is 2.87. The van der Waals surface area contributed by atoms with Crippen molar-refractivity contribution in [3.8, 4) is 0 Å². The summed E-state index contributed by atoms with van der Waals surface area (Å²) in [6.45, 7) is 1.81. The fourth-order valence-corrected chi connectivity index (χ4v) is 2.40. The van der Waals surface area contributed by atoms with Crippen molar-refractivity contribution in [3.05, 3.63) is 45.9 Å². The van der Waals surface area contributed by atoms with Crippen LogP contribution in [-0.2, 0) is 0 Å². The van der Waals surface area contributed by atoms with Gasteiger partial charge in [-0.2, -0.15) is 0 Å². The molecular weight excluding hydrogens is 257 g/mol. The molecule has 0 saturated heterocycles. The van der Waals surface area contributed by atoms with Crippen LogP contribution in [0.15, 0.2) is 34.5 Å². The maximum Gasteiger partial charge on any atom is 0.265 e. The number of benzene rings is 1. The number of amides is 1. The fraction of sp³-hybridized carbons (Fsp3) is 0.0833. The molecule has 2 aromatic rings. The molecule has 88 valence electrons. The molecule has 0 aliphatic heterocycles. The zero-order valence-corrected chi connectivity index (χ0v) is 10.7. The van der Waals surface area contributed by atoms with E-state index in [2.05, 4.69) is 17.9 Å². The first kappa shape index (κ1) is 12.1. The number of halogens is 1. The number of thiophene rings is 1. The number of anilines is 1. The zero-order chi connectivity index (χ0) is 12.4. The predicted molar refractivity (Wildman–Crippen MR) is 70.7 cm³/mol. The molecule has 1 aromatic carbocycles. The van der Waals surface area contributed by atoms with E-state index < -0.39 is 0 Å². The summed E-state index contributed by atoms with van der Waals surface area (Å²) in [5.74, 6) is -0.615. The van der Waals surface area contributed by atoms with Crippen LogP contribution in [-0.4, -0.2) is 5.91 Å². The minimum Gasteiger partial charge on any atom is -0.321 e. The van der Waals surface area contributed by atoms with Gasteiger partial charge < -0.3 is 5.32 Å². The van der Waals surface area contributed by atoms with Crippen molar-refractivity contribution in [2.75, 3.05) is 5.32 Å². The Morgan fingerprint density at radius 3 is 2.82 bits per heavy atom. The molecule has 1 aromatic heterocycles. The highest BCUT2D eigenvalue weighted by Gasteiger charge is 2.10. The number of carbonyl (C=O) groups excluding carboxylic acids is 1. The van der Waals surface area contributed by atoms with Gasteiger partial charge in [0, 0.05) is 16.0 Å². The number of thiol groups is 1. The number of hydrogen-bond acceptors (Lipinski definition) is 3. The Hall–Kier alpha value is -1.33. The zero-order valence-electron chi connectivity index (χ0n) is 9.03. The summed E-state index contributed by atoms with van der Waals surface area (Å²) in [4.78, 5) is 13.1. The van der Waals surface area contributed by atoms with E-state index in [1.807, 2.05) is 6.92 Å². The summed E-state index contributed by atoms with van der Waals surface area (Å²) in [6, 6.07) is 5.98. The topological polar surface area (TPSA) is 29.1 Å². The second-order valence-electron chi connectivity index (χ2n) is 3.58. The summed E-state index contributed by atoms with van der Waals surface area (Å²) in [5.41, 5.74) is 1.31. The van der Waals surface area contributed by atoms with E-state index in [-0.39, 0.29) is 11.7 Å². The van der Waals surface area contributed by atoms with Gasteiger partial charge in [0.2, 0.25) is 0 Å². The van der Waals surface area contributed by atoms with Crippen LogP contribution in [0.3, 0.4) is 0 Å². The van der Waals surface area contributed by atoms with Crippen LogP contribution in [0.5, 0.6) is 0 Å². The molecule has 1 heterocycles. The average molecular weight is 267 g/mol. The molecule has 1 amide bonds. The highest BCUT2D eigenvalue weighted by Crippen LogP contribution is 2.21. The van der Waals surface area contributed by atoms with Crippen LogP contribution in [0.1, 0.15) is 15.2 Å². The van der Waals surface area contributed by atoms with Gasteiger partial charge in [0.1, 0.15) is 5.82 Å². The third-order valence-corrected chi connectivity index (χ3v) is 3.62. The molecule has 2 rings (SSSR count). The van der Waals surface area contributed by atoms with Gasteiger partial charge in [0.15, 0.2) is 0 Å². The second-order valence-corrected chi connectivity index (χ2v) is 5.01. The van der Waals surface area contributed by atoms with Crippen molar-refractivity contribution in [1.29, 1.82) is 0 Å². The molecule has 0 fully saturated rings. The first-order valence-electron chi connectivity index (χ1n) is 4.91. The highest BCUT2D eigenvalue weighted by atomic mass is 32.1. The van der Waals surface area contributed by atoms with E-state index in [1.54, 1.807) is 17.5 Å². The number of rotatable bonds is 2. The van der Waals surface area contributed by atoms with Crippen LogP contribution >= 0.6 is 24.0 Å². The lowest BCUT2D eigenvalue weighted by atomic mass is 10.2. The van der Waals surface area contributed by atoms with Crippen molar-refractivity contribution in [2.24, 2.45) is 0 Å². The molecular formula is C12H10FNOS2. The Bertz CT molecular complexity index is 565. The van der Waals surface area contributed by atoms with Crippen molar-refractivity contribution in [3.63, 3.8) is 0 Å². The number of aryl methyl sites for hydroxylation is 1. The molecule has 17 heavy (non-hydrogen) atoms. The van der Waals surface area contributed by atoms with E-state index in [0.29, 0.717) is 10.6 Å². The number of hydrogen-bond donors (Lipinski definition) is 2. The normalized spacial score (nSPS) is 10.3. The number of carbonyl (C=O) groups is 1. The lowest BCUT2D eigenvalue weighted by Crippen LogP contribution is -2.11. The van der Waals surface area contributed by atoms with Gasteiger partial charge in [-0.1, -0.05) is 6.07 Å². The SMILES string of the molecule is Cc1ccc(F)cc1NC(=O)c1cc(S)cs1. The largest absolute Gasteiger partial charge is 0.321 e. The van der Waals surface area contributed by atoms with Crippen molar-refractivity contribution in [1.82, 2.24) is 0 Å². The monoisotopic (exact) mass is 267 g/mol. The Morgan fingerprint density at radius 1 is 1.41 bits per heavy atom. The predicted octanol–water partition coefficient (Wildman–Crippen LogP) is 3.74. The van der Waals surface area contributed by atoms with Crippen LogP contribution < -0.4 is 5.32 Å². The summed E-state index contributed by atoms with van der Waals surface area (Å²) in [6.07, 6.45) is 0. The minimum atomic E-state index is -0.369. The van der Waals surface area contributed by atoms with Crippen molar-refractivity contribution >= 4 is 35.6 Å². The Labute approximate surface area is 108 Å². The molecule has 0 aliphatic carbocycles. The van der Waals surface area contributed by atoms with Gasteiger partial charge in [-0.25, -0.2) is 4.39 Å². The molecule has 0 spiro atoms. The molecule has 5 heteroatoms. The lowest BCUT2D eigenvalue weighted by molar-refractivity contribution is 0.103. The van der Waals surface area contributed by atoms with Crippen LogP contribution in [0, 0.1) is 12.7 Å². The van der Waals surface area contributed by atoms with Gasteiger partial charge in [-0.05, 0) is 30.7 Å². The summed E-state index contributed by atoms with van der Waals surface area (Å²) >= 11 is 5.44. The molecule has 0 bridgehead atoms. The molecule has 1 N–H and O–H groups in total. The van der Waals surface area contributed by atoms with Crippen LogP contribution in [0.4, 0.5) is 10.1 Å². The molecule has 0 atom stereocenters. The fourth-order valence-electron chi connectivity index (χ4n) is 1.36. The van der Waals surface area contributed by atoms with Crippen molar-refractivity contribution in [2.45, 2.75) is 11.8 Å². The average Bonchev–Trinajstić information content (AvgIpc) is 2.70. The smallest absolute Gasteiger partial charge is 0.265 e. The summed E-state index contributed by atoms with van der Waals surface area (Å²) < 4.78 is 13.0. The van der Waals surface area contributed by atoms with E-state index in [0.717, 1.165) is 10.5 Å². The first-order valence-corrected chi connectivity index (χ1v) is 6.24.